The van der Waals surface area contributed by atoms with Gasteiger partial charge in [0.2, 0.25) is 0 Å². The van der Waals surface area contributed by atoms with E-state index in [1.807, 2.05) is 0 Å². The van der Waals surface area contributed by atoms with Crippen molar-refractivity contribution in [3.05, 3.63) is 46.9 Å². The Morgan fingerprint density at radius 1 is 1.24 bits per heavy atom. The summed E-state index contributed by atoms with van der Waals surface area (Å²) in [5.74, 6) is 0.186. The SMILES string of the molecule is COc1cc(C(=O)OCC(=O)N(C)Cc2ccco2)cc(Cl)c1OC. The van der Waals surface area contributed by atoms with E-state index in [0.29, 0.717) is 17.3 Å². The summed E-state index contributed by atoms with van der Waals surface area (Å²) >= 11 is 6.05. The fourth-order valence-corrected chi connectivity index (χ4v) is 2.37. The Kier molecular flexibility index (Phi) is 6.30. The van der Waals surface area contributed by atoms with Crippen LogP contribution in [0.25, 0.3) is 0 Å². The number of hydrogen-bond acceptors (Lipinski definition) is 6. The molecule has 1 aromatic carbocycles. The van der Waals surface area contributed by atoms with Gasteiger partial charge in [0, 0.05) is 7.05 Å². The number of carbonyl (C=O) groups is 2. The van der Waals surface area contributed by atoms with Gasteiger partial charge in [0.05, 0.1) is 37.6 Å². The zero-order chi connectivity index (χ0) is 18.4. The monoisotopic (exact) mass is 367 g/mol. The normalized spacial score (nSPS) is 10.2. The lowest BCUT2D eigenvalue weighted by Gasteiger charge is -2.16. The van der Waals surface area contributed by atoms with Crippen LogP contribution in [0.3, 0.4) is 0 Å². The van der Waals surface area contributed by atoms with Gasteiger partial charge in [-0.3, -0.25) is 4.79 Å². The summed E-state index contributed by atoms with van der Waals surface area (Å²) in [7, 11) is 4.46. The quantitative estimate of drug-likeness (QED) is 0.700. The molecule has 0 fully saturated rings. The average molecular weight is 368 g/mol. The number of likely N-dealkylation sites (N-methyl/N-ethyl adjacent to an activating group) is 1. The summed E-state index contributed by atoms with van der Waals surface area (Å²) in [6.45, 7) is -0.117. The molecule has 2 rings (SSSR count). The van der Waals surface area contributed by atoms with Gasteiger partial charge in [0.25, 0.3) is 5.91 Å². The number of nitrogens with zero attached hydrogens (tertiary/aromatic N) is 1. The van der Waals surface area contributed by atoms with Crippen LogP contribution in [0.15, 0.2) is 34.9 Å². The summed E-state index contributed by atoms with van der Waals surface area (Å²) in [6, 6.07) is 6.31. The molecule has 0 N–H and O–H groups in total. The van der Waals surface area contributed by atoms with E-state index in [1.165, 1.54) is 37.5 Å². The number of hydrogen-bond donors (Lipinski definition) is 0. The molecular formula is C17H18ClNO6. The molecule has 0 aliphatic rings. The number of furan rings is 1. The van der Waals surface area contributed by atoms with Gasteiger partial charge in [-0.25, -0.2) is 4.79 Å². The van der Waals surface area contributed by atoms with E-state index in [-0.39, 0.29) is 23.0 Å². The van der Waals surface area contributed by atoms with Gasteiger partial charge in [-0.1, -0.05) is 11.6 Å². The molecule has 25 heavy (non-hydrogen) atoms. The summed E-state index contributed by atoms with van der Waals surface area (Å²) < 4.78 is 20.4. The minimum absolute atomic E-state index is 0.157. The van der Waals surface area contributed by atoms with E-state index in [0.717, 1.165) is 0 Å². The lowest BCUT2D eigenvalue weighted by Crippen LogP contribution is -2.30. The Hall–Kier alpha value is -2.67. The fourth-order valence-electron chi connectivity index (χ4n) is 2.08. The van der Waals surface area contributed by atoms with Crippen molar-refractivity contribution in [2.24, 2.45) is 0 Å². The van der Waals surface area contributed by atoms with E-state index in [9.17, 15) is 9.59 Å². The fraction of sp³-hybridized carbons (Fsp3) is 0.294. The largest absolute Gasteiger partial charge is 0.493 e. The molecule has 0 aliphatic heterocycles. The highest BCUT2D eigenvalue weighted by Gasteiger charge is 2.18. The van der Waals surface area contributed by atoms with E-state index < -0.39 is 12.6 Å². The van der Waals surface area contributed by atoms with Crippen molar-refractivity contribution in [2.45, 2.75) is 6.54 Å². The molecule has 0 aliphatic carbocycles. The third kappa shape index (κ3) is 4.67. The van der Waals surface area contributed by atoms with Crippen molar-refractivity contribution >= 4 is 23.5 Å². The zero-order valence-corrected chi connectivity index (χ0v) is 14.8. The molecule has 2 aromatic rings. The summed E-state index contributed by atoms with van der Waals surface area (Å²) in [6.07, 6.45) is 1.52. The van der Waals surface area contributed by atoms with Crippen LogP contribution >= 0.6 is 11.6 Å². The van der Waals surface area contributed by atoms with Crippen LogP contribution in [-0.4, -0.2) is 44.7 Å². The Morgan fingerprint density at radius 2 is 2.00 bits per heavy atom. The summed E-state index contributed by atoms with van der Waals surface area (Å²) in [5.41, 5.74) is 0.157. The van der Waals surface area contributed by atoms with Crippen LogP contribution in [0.1, 0.15) is 16.1 Å². The maximum absolute atomic E-state index is 12.1. The summed E-state index contributed by atoms with van der Waals surface area (Å²) in [4.78, 5) is 25.6. The number of halogens is 1. The molecule has 0 radical (unpaired) electrons. The van der Waals surface area contributed by atoms with E-state index in [1.54, 1.807) is 19.2 Å². The van der Waals surface area contributed by atoms with E-state index in [2.05, 4.69) is 0 Å². The van der Waals surface area contributed by atoms with E-state index in [4.69, 9.17) is 30.2 Å². The maximum Gasteiger partial charge on any atom is 0.338 e. The predicted octanol–water partition coefficient (Wildman–Crippen LogP) is 2.77. The molecule has 1 aromatic heterocycles. The average Bonchev–Trinajstić information content (AvgIpc) is 3.11. The molecule has 0 unspecified atom stereocenters. The van der Waals surface area contributed by atoms with Gasteiger partial charge in [-0.05, 0) is 24.3 Å². The summed E-state index contributed by atoms with van der Waals surface area (Å²) in [5, 5.41) is 0.204. The van der Waals surface area contributed by atoms with Crippen LogP contribution in [0.2, 0.25) is 5.02 Å². The molecular weight excluding hydrogens is 350 g/mol. The molecule has 0 bridgehead atoms. The molecule has 8 heteroatoms. The standard InChI is InChI=1S/C17H18ClNO6/c1-19(9-12-5-4-6-24-12)15(20)10-25-17(21)11-7-13(18)16(23-3)14(8-11)22-2/h4-8H,9-10H2,1-3H3. The number of carbonyl (C=O) groups excluding carboxylic acids is 2. The molecule has 7 nitrogen and oxygen atoms in total. The number of esters is 1. The molecule has 1 heterocycles. The minimum atomic E-state index is -0.692. The van der Waals surface area contributed by atoms with Gasteiger partial charge >= 0.3 is 5.97 Å². The van der Waals surface area contributed by atoms with Crippen LogP contribution in [0, 0.1) is 0 Å². The first kappa shape index (κ1) is 18.7. The second kappa shape index (κ2) is 8.43. The number of benzene rings is 1. The molecule has 134 valence electrons. The highest BCUT2D eigenvalue weighted by molar-refractivity contribution is 6.32. The first-order chi connectivity index (χ1) is 12.0. The van der Waals surface area contributed by atoms with Gasteiger partial charge < -0.3 is 23.5 Å². The number of amides is 1. The van der Waals surface area contributed by atoms with Crippen molar-refractivity contribution in [3.63, 3.8) is 0 Å². The maximum atomic E-state index is 12.1. The smallest absolute Gasteiger partial charge is 0.338 e. The van der Waals surface area contributed by atoms with Crippen molar-refractivity contribution in [2.75, 3.05) is 27.9 Å². The molecule has 0 spiro atoms. The van der Waals surface area contributed by atoms with Crippen molar-refractivity contribution in [1.29, 1.82) is 0 Å². The Bertz CT molecular complexity index is 744. The highest BCUT2D eigenvalue weighted by Crippen LogP contribution is 2.36. The number of rotatable bonds is 7. The third-order valence-corrected chi connectivity index (χ3v) is 3.68. The van der Waals surface area contributed by atoms with Crippen LogP contribution in [0.5, 0.6) is 11.5 Å². The second-order valence-corrected chi connectivity index (χ2v) is 5.51. The zero-order valence-electron chi connectivity index (χ0n) is 14.1. The molecule has 0 saturated carbocycles. The lowest BCUT2D eigenvalue weighted by atomic mass is 10.2. The lowest BCUT2D eigenvalue weighted by molar-refractivity contribution is -0.133. The number of methoxy groups -OCH3 is 2. The minimum Gasteiger partial charge on any atom is -0.493 e. The van der Waals surface area contributed by atoms with Gasteiger partial charge in [-0.2, -0.15) is 0 Å². The van der Waals surface area contributed by atoms with Crippen molar-refractivity contribution in [1.82, 2.24) is 4.90 Å². The third-order valence-electron chi connectivity index (χ3n) is 3.39. The van der Waals surface area contributed by atoms with Crippen LogP contribution < -0.4 is 9.47 Å². The van der Waals surface area contributed by atoms with Crippen molar-refractivity contribution < 1.29 is 28.2 Å². The van der Waals surface area contributed by atoms with Crippen molar-refractivity contribution in [3.8, 4) is 11.5 Å². The number of ether oxygens (including phenoxy) is 3. The molecule has 0 saturated heterocycles. The Balaban J connectivity index is 1.97. The molecule has 0 atom stereocenters. The Morgan fingerprint density at radius 3 is 2.60 bits per heavy atom. The van der Waals surface area contributed by atoms with Gasteiger partial charge in [0.15, 0.2) is 18.1 Å². The molecule has 1 amide bonds. The first-order valence-electron chi connectivity index (χ1n) is 7.31. The first-order valence-corrected chi connectivity index (χ1v) is 7.69. The highest BCUT2D eigenvalue weighted by atomic mass is 35.5. The van der Waals surface area contributed by atoms with Gasteiger partial charge in [0.1, 0.15) is 5.76 Å². The topological polar surface area (TPSA) is 78.2 Å². The predicted molar refractivity (Wildman–Crippen MR) is 90.0 cm³/mol. The Labute approximate surface area is 150 Å². The van der Waals surface area contributed by atoms with E-state index >= 15 is 0 Å². The van der Waals surface area contributed by atoms with Crippen LogP contribution in [-0.2, 0) is 16.1 Å². The van der Waals surface area contributed by atoms with Crippen LogP contribution in [0.4, 0.5) is 0 Å². The van der Waals surface area contributed by atoms with Gasteiger partial charge in [-0.15, -0.1) is 0 Å². The second-order valence-electron chi connectivity index (χ2n) is 5.10.